The molecule has 0 radical (unpaired) electrons. The van der Waals surface area contributed by atoms with Crippen LogP contribution in [0.1, 0.15) is 65.9 Å². The third kappa shape index (κ3) is 7.29. The van der Waals surface area contributed by atoms with Gasteiger partial charge in [0.1, 0.15) is 5.82 Å². The van der Waals surface area contributed by atoms with Crippen LogP contribution in [0.5, 0.6) is 0 Å². The Balaban J connectivity index is 1.39. The summed E-state index contributed by atoms with van der Waals surface area (Å²) >= 11 is 0. The van der Waals surface area contributed by atoms with Crippen LogP contribution in [-0.2, 0) is 37.3 Å². The molecule has 4 heterocycles. The number of likely N-dealkylation sites (N-methyl/N-ethyl adjacent to an activating group) is 1. The third-order valence-electron chi connectivity index (χ3n) is 10.6. The molecule has 3 aliphatic heterocycles. The molecular formula is C38H50FN5O2. The summed E-state index contributed by atoms with van der Waals surface area (Å²) < 4.78 is 13.7. The number of pyridine rings is 1. The fraction of sp³-hybridized carbons (Fsp3) is 0.526. The number of halogens is 1. The van der Waals surface area contributed by atoms with E-state index in [1.54, 1.807) is 12.1 Å². The van der Waals surface area contributed by atoms with Gasteiger partial charge in [-0.05, 0) is 85.5 Å². The zero-order valence-electron chi connectivity index (χ0n) is 28.3. The number of nitrogens with zero attached hydrogens (tertiary/aromatic N) is 5. The number of aliphatic carboxylic acids is 1. The van der Waals surface area contributed by atoms with Crippen molar-refractivity contribution in [1.82, 2.24) is 19.7 Å². The molecule has 2 saturated heterocycles. The minimum absolute atomic E-state index is 0.0292. The van der Waals surface area contributed by atoms with E-state index < -0.39 is 5.97 Å². The SMILES string of the molecule is Cc1cc(F)ccc1CN1CCc2cc(-c3c(CN4CCN(C)CC4)nc(C)c(CC(=O)O)c3N3CCC(C)(C)CC3)ccc2C1. The summed E-state index contributed by atoms with van der Waals surface area (Å²) in [5, 5.41) is 10.1. The monoisotopic (exact) mass is 627 g/mol. The van der Waals surface area contributed by atoms with E-state index >= 15 is 0 Å². The number of piperazine rings is 1. The minimum atomic E-state index is -0.816. The Morgan fingerprint density at radius 3 is 2.35 bits per heavy atom. The van der Waals surface area contributed by atoms with Gasteiger partial charge in [-0.15, -0.1) is 0 Å². The first-order chi connectivity index (χ1) is 22.0. The summed E-state index contributed by atoms with van der Waals surface area (Å²) in [5.74, 6) is -1.00. The molecule has 0 bridgehead atoms. The lowest BCUT2D eigenvalue weighted by molar-refractivity contribution is -0.136. The van der Waals surface area contributed by atoms with Crippen LogP contribution in [0, 0.1) is 25.1 Å². The maximum Gasteiger partial charge on any atom is 0.307 e. The number of fused-ring (bicyclic) bond motifs is 1. The van der Waals surface area contributed by atoms with Gasteiger partial charge in [0.2, 0.25) is 0 Å². The fourth-order valence-corrected chi connectivity index (χ4v) is 7.45. The van der Waals surface area contributed by atoms with Gasteiger partial charge in [-0.1, -0.05) is 38.1 Å². The molecule has 3 aliphatic rings. The Morgan fingerprint density at radius 1 is 0.913 bits per heavy atom. The maximum atomic E-state index is 13.7. The van der Waals surface area contributed by atoms with Crippen LogP contribution < -0.4 is 4.90 Å². The number of carboxylic acid groups (broad SMARTS) is 1. The number of aromatic nitrogens is 1. The summed E-state index contributed by atoms with van der Waals surface area (Å²) in [6, 6.07) is 12.0. The Morgan fingerprint density at radius 2 is 1.65 bits per heavy atom. The number of hydrogen-bond acceptors (Lipinski definition) is 6. The second kappa shape index (κ2) is 13.4. The van der Waals surface area contributed by atoms with Gasteiger partial charge in [-0.25, -0.2) is 4.39 Å². The number of benzene rings is 2. The number of rotatable bonds is 8. The second-order valence-corrected chi connectivity index (χ2v) is 14.7. The van der Waals surface area contributed by atoms with E-state index in [1.165, 1.54) is 16.7 Å². The van der Waals surface area contributed by atoms with Gasteiger partial charge < -0.3 is 14.9 Å². The summed E-state index contributed by atoms with van der Waals surface area (Å²) in [4.78, 5) is 27.2. The van der Waals surface area contributed by atoms with Crippen molar-refractivity contribution < 1.29 is 14.3 Å². The number of piperidine rings is 1. The van der Waals surface area contributed by atoms with E-state index in [-0.39, 0.29) is 17.7 Å². The molecule has 1 N–H and O–H groups in total. The molecule has 0 spiro atoms. The number of hydrogen-bond donors (Lipinski definition) is 1. The molecule has 0 aliphatic carbocycles. The van der Waals surface area contributed by atoms with E-state index in [9.17, 15) is 14.3 Å². The van der Waals surface area contributed by atoms with Crippen molar-refractivity contribution in [3.05, 3.63) is 81.4 Å². The lowest BCUT2D eigenvalue weighted by Gasteiger charge is -2.41. The van der Waals surface area contributed by atoms with Crippen molar-refractivity contribution in [3.8, 4) is 11.1 Å². The Labute approximate surface area is 274 Å². The number of anilines is 1. The molecule has 3 aromatic rings. The third-order valence-corrected chi connectivity index (χ3v) is 10.6. The molecular weight excluding hydrogens is 577 g/mol. The van der Waals surface area contributed by atoms with Crippen LogP contribution in [0.3, 0.4) is 0 Å². The summed E-state index contributed by atoms with van der Waals surface area (Å²) in [5.41, 5.74) is 11.2. The van der Waals surface area contributed by atoms with E-state index in [0.29, 0.717) is 0 Å². The molecule has 0 saturated carbocycles. The Hall–Kier alpha value is -3.33. The maximum absolute atomic E-state index is 13.7. The van der Waals surface area contributed by atoms with Gasteiger partial charge in [0.15, 0.2) is 0 Å². The molecule has 2 fully saturated rings. The van der Waals surface area contributed by atoms with Gasteiger partial charge in [-0.3, -0.25) is 19.6 Å². The molecule has 8 heteroatoms. The fourth-order valence-electron chi connectivity index (χ4n) is 7.45. The largest absolute Gasteiger partial charge is 0.481 e. The second-order valence-electron chi connectivity index (χ2n) is 14.7. The van der Waals surface area contributed by atoms with Gasteiger partial charge >= 0.3 is 5.97 Å². The van der Waals surface area contributed by atoms with E-state index in [4.69, 9.17) is 4.98 Å². The molecule has 6 rings (SSSR count). The zero-order chi connectivity index (χ0) is 32.6. The predicted octanol–water partition coefficient (Wildman–Crippen LogP) is 6.06. The normalized spacial score (nSPS) is 19.3. The minimum Gasteiger partial charge on any atom is -0.481 e. The van der Waals surface area contributed by atoms with Crippen molar-refractivity contribution in [3.63, 3.8) is 0 Å². The summed E-state index contributed by atoms with van der Waals surface area (Å²) in [6.45, 7) is 17.9. The zero-order valence-corrected chi connectivity index (χ0v) is 28.3. The molecule has 0 atom stereocenters. The number of aryl methyl sites for hydroxylation is 2. The van der Waals surface area contributed by atoms with Crippen LogP contribution in [-0.4, -0.2) is 83.6 Å². The van der Waals surface area contributed by atoms with Gasteiger partial charge in [0, 0.05) is 82.3 Å². The van der Waals surface area contributed by atoms with Crippen LogP contribution in [0.25, 0.3) is 11.1 Å². The van der Waals surface area contributed by atoms with Crippen molar-refractivity contribution in [2.75, 3.05) is 57.8 Å². The highest BCUT2D eigenvalue weighted by Crippen LogP contribution is 2.43. The molecule has 7 nitrogen and oxygen atoms in total. The average Bonchev–Trinajstić information content (AvgIpc) is 3.00. The lowest BCUT2D eigenvalue weighted by Crippen LogP contribution is -2.44. The van der Waals surface area contributed by atoms with Crippen molar-refractivity contribution in [1.29, 1.82) is 0 Å². The predicted molar refractivity (Wildman–Crippen MR) is 183 cm³/mol. The Bertz CT molecular complexity index is 1590. The van der Waals surface area contributed by atoms with Crippen molar-refractivity contribution in [2.24, 2.45) is 5.41 Å². The molecule has 46 heavy (non-hydrogen) atoms. The highest BCUT2D eigenvalue weighted by atomic mass is 19.1. The molecule has 2 aromatic carbocycles. The van der Waals surface area contributed by atoms with E-state index in [2.05, 4.69) is 58.7 Å². The summed E-state index contributed by atoms with van der Waals surface area (Å²) in [7, 11) is 2.18. The van der Waals surface area contributed by atoms with E-state index in [1.807, 2.05) is 19.9 Å². The highest BCUT2D eigenvalue weighted by Gasteiger charge is 2.32. The molecule has 0 amide bonds. The topological polar surface area (TPSA) is 63.1 Å². The number of carbonyl (C=O) groups is 1. The molecule has 1 aromatic heterocycles. The molecule has 0 unspecified atom stereocenters. The Kier molecular flexibility index (Phi) is 9.51. The van der Waals surface area contributed by atoms with Crippen molar-refractivity contribution >= 4 is 11.7 Å². The number of carboxylic acids is 1. The van der Waals surface area contributed by atoms with Crippen LogP contribution in [0.2, 0.25) is 0 Å². The first-order valence-corrected chi connectivity index (χ1v) is 17.0. The first kappa shape index (κ1) is 32.6. The van der Waals surface area contributed by atoms with Crippen molar-refractivity contribution in [2.45, 2.75) is 73.0 Å². The van der Waals surface area contributed by atoms with Crippen LogP contribution >= 0.6 is 0 Å². The van der Waals surface area contributed by atoms with Gasteiger partial charge in [-0.2, -0.15) is 0 Å². The highest BCUT2D eigenvalue weighted by molar-refractivity contribution is 5.87. The lowest BCUT2D eigenvalue weighted by atomic mass is 9.81. The first-order valence-electron chi connectivity index (χ1n) is 17.0. The quantitative estimate of drug-likeness (QED) is 0.326. The van der Waals surface area contributed by atoms with Crippen LogP contribution in [0.15, 0.2) is 36.4 Å². The summed E-state index contributed by atoms with van der Waals surface area (Å²) in [6.07, 6.45) is 3.05. The van der Waals surface area contributed by atoms with Crippen LogP contribution in [0.4, 0.5) is 10.1 Å². The standard InChI is InChI=1S/C38H50FN5O2/c1-26-20-32(39)9-8-30(26)23-43-13-10-28-21-29(6-7-31(28)24-43)36-34(25-42-18-16-41(5)17-19-42)40-27(2)33(22-35(45)46)37(36)44-14-11-38(3,4)12-15-44/h6-9,20-21H,10-19,22-25H2,1-5H3,(H,45,46). The van der Waals surface area contributed by atoms with E-state index in [0.717, 1.165) is 124 Å². The smallest absolute Gasteiger partial charge is 0.307 e. The van der Waals surface area contributed by atoms with Gasteiger partial charge in [0.25, 0.3) is 0 Å². The molecule has 246 valence electrons. The van der Waals surface area contributed by atoms with Gasteiger partial charge in [0.05, 0.1) is 17.8 Å². The average molecular weight is 628 g/mol.